The van der Waals surface area contributed by atoms with Crippen LogP contribution in [0.1, 0.15) is 24.9 Å². The van der Waals surface area contributed by atoms with Crippen LogP contribution in [0.5, 0.6) is 5.75 Å². The van der Waals surface area contributed by atoms with Gasteiger partial charge in [-0.05, 0) is 47.4 Å². The molecule has 2 unspecified atom stereocenters. The van der Waals surface area contributed by atoms with Crippen molar-refractivity contribution in [1.82, 2.24) is 10.2 Å². The molecule has 2 aliphatic heterocycles. The lowest BCUT2D eigenvalue weighted by Gasteiger charge is -2.52. The molecular formula is C14H17BrN2OS2. The highest BCUT2D eigenvalue weighted by Crippen LogP contribution is 2.46. The molecule has 1 aromatic carbocycles. The fourth-order valence-electron chi connectivity index (χ4n) is 2.91. The molecule has 1 N–H and O–H groups in total. The first-order valence-electron chi connectivity index (χ1n) is 6.59. The zero-order valence-corrected chi connectivity index (χ0v) is 14.7. The van der Waals surface area contributed by atoms with Crippen molar-refractivity contribution in [2.45, 2.75) is 25.1 Å². The molecule has 20 heavy (non-hydrogen) atoms. The lowest BCUT2D eigenvalue weighted by molar-refractivity contribution is -0.0659. The molecule has 0 aromatic heterocycles. The number of nitrogens with zero attached hydrogens (tertiary/aromatic N) is 1. The summed E-state index contributed by atoms with van der Waals surface area (Å²) in [6.07, 6.45) is 3.02. The first-order chi connectivity index (χ1) is 9.55. The van der Waals surface area contributed by atoms with Crippen LogP contribution in [0.4, 0.5) is 0 Å². The van der Waals surface area contributed by atoms with E-state index in [1.54, 1.807) is 0 Å². The van der Waals surface area contributed by atoms with Crippen LogP contribution in [0.3, 0.4) is 0 Å². The molecule has 0 radical (unpaired) electrons. The molecule has 1 aromatic rings. The predicted octanol–water partition coefficient (Wildman–Crippen LogP) is 3.54. The minimum atomic E-state index is -0.362. The fourth-order valence-corrected chi connectivity index (χ4v) is 4.17. The summed E-state index contributed by atoms with van der Waals surface area (Å²) >= 11 is 11.0. The Hall–Kier alpha value is -0.460. The Morgan fingerprint density at radius 1 is 1.60 bits per heavy atom. The van der Waals surface area contributed by atoms with Crippen LogP contribution in [0.2, 0.25) is 0 Å². The minimum absolute atomic E-state index is 0.235. The van der Waals surface area contributed by atoms with E-state index in [9.17, 15) is 0 Å². The number of halogens is 1. The van der Waals surface area contributed by atoms with E-state index < -0.39 is 0 Å². The van der Waals surface area contributed by atoms with Crippen LogP contribution in [0.15, 0.2) is 22.7 Å². The number of fused-ring (bicyclic) bond motifs is 4. The monoisotopic (exact) mass is 372 g/mol. The lowest BCUT2D eigenvalue weighted by Crippen LogP contribution is -2.65. The van der Waals surface area contributed by atoms with Gasteiger partial charge in [-0.2, -0.15) is 11.8 Å². The Balaban J connectivity index is 1.98. The SMILES string of the molecule is CSCCN1C(=S)NC2CC1(C)Oc1c(Br)cccc12. The molecule has 1 fully saturated rings. The highest BCUT2D eigenvalue weighted by atomic mass is 79.9. The molecule has 0 saturated carbocycles. The van der Waals surface area contributed by atoms with Gasteiger partial charge in [0.15, 0.2) is 10.8 Å². The molecule has 0 spiro atoms. The van der Waals surface area contributed by atoms with Crippen molar-refractivity contribution >= 4 is 45.0 Å². The summed E-state index contributed by atoms with van der Waals surface area (Å²) in [6.45, 7) is 3.03. The average Bonchev–Trinajstić information content (AvgIpc) is 2.39. The highest BCUT2D eigenvalue weighted by molar-refractivity contribution is 9.10. The molecule has 2 bridgehead atoms. The van der Waals surface area contributed by atoms with Crippen LogP contribution >= 0.6 is 39.9 Å². The fraction of sp³-hybridized carbons (Fsp3) is 0.500. The Bertz CT molecular complexity index is 554. The smallest absolute Gasteiger partial charge is 0.184 e. The van der Waals surface area contributed by atoms with E-state index in [-0.39, 0.29) is 11.8 Å². The highest BCUT2D eigenvalue weighted by Gasteiger charge is 2.47. The number of para-hydroxylation sites is 1. The van der Waals surface area contributed by atoms with Gasteiger partial charge in [-0.15, -0.1) is 0 Å². The summed E-state index contributed by atoms with van der Waals surface area (Å²) < 4.78 is 7.35. The van der Waals surface area contributed by atoms with Gasteiger partial charge in [0.2, 0.25) is 0 Å². The summed E-state index contributed by atoms with van der Waals surface area (Å²) in [6, 6.07) is 6.41. The first-order valence-corrected chi connectivity index (χ1v) is 9.19. The Morgan fingerprint density at radius 3 is 3.15 bits per heavy atom. The third-order valence-corrected chi connectivity index (χ3v) is 5.46. The van der Waals surface area contributed by atoms with Crippen LogP contribution in [-0.4, -0.2) is 34.3 Å². The van der Waals surface area contributed by atoms with E-state index in [0.29, 0.717) is 0 Å². The number of nitrogens with one attached hydrogen (secondary N) is 1. The number of thiocarbonyl (C=S) groups is 1. The van der Waals surface area contributed by atoms with Gasteiger partial charge in [0.05, 0.1) is 10.5 Å². The molecule has 6 heteroatoms. The summed E-state index contributed by atoms with van der Waals surface area (Å²) in [5.41, 5.74) is 0.822. The standard InChI is InChI=1S/C14H17BrN2OS2/c1-14-8-11(16-13(19)17(14)6-7-20-2)9-4-3-5-10(15)12(9)18-14/h3-5,11H,6-8H2,1-2H3,(H,16,19). The molecule has 108 valence electrons. The molecular weight excluding hydrogens is 356 g/mol. The van der Waals surface area contributed by atoms with Crippen LogP contribution < -0.4 is 10.1 Å². The van der Waals surface area contributed by atoms with Crippen LogP contribution in [0, 0.1) is 0 Å². The van der Waals surface area contributed by atoms with Crippen molar-refractivity contribution in [2.24, 2.45) is 0 Å². The molecule has 2 aliphatic rings. The van der Waals surface area contributed by atoms with Crippen molar-refractivity contribution in [1.29, 1.82) is 0 Å². The predicted molar refractivity (Wildman–Crippen MR) is 91.4 cm³/mol. The van der Waals surface area contributed by atoms with Gasteiger partial charge >= 0.3 is 0 Å². The van der Waals surface area contributed by atoms with E-state index in [4.69, 9.17) is 17.0 Å². The van der Waals surface area contributed by atoms with Crippen LogP contribution in [0.25, 0.3) is 0 Å². The molecule has 0 aliphatic carbocycles. The van der Waals surface area contributed by atoms with Gasteiger partial charge < -0.3 is 15.0 Å². The van der Waals surface area contributed by atoms with Gasteiger partial charge in [0, 0.05) is 24.3 Å². The Kier molecular flexibility index (Phi) is 3.90. The topological polar surface area (TPSA) is 24.5 Å². The molecule has 0 amide bonds. The summed E-state index contributed by atoms with van der Waals surface area (Å²) in [7, 11) is 0. The maximum absolute atomic E-state index is 6.34. The number of ether oxygens (including phenoxy) is 1. The number of benzene rings is 1. The number of hydrogen-bond acceptors (Lipinski definition) is 3. The van der Waals surface area contributed by atoms with E-state index >= 15 is 0 Å². The summed E-state index contributed by atoms with van der Waals surface area (Å²) in [5.74, 6) is 1.98. The molecule has 2 heterocycles. The van der Waals surface area contributed by atoms with Gasteiger partial charge in [0.25, 0.3) is 0 Å². The number of hydrogen-bond donors (Lipinski definition) is 1. The van der Waals surface area contributed by atoms with Crippen molar-refractivity contribution in [3.05, 3.63) is 28.2 Å². The normalized spacial score (nSPS) is 27.6. The van der Waals surface area contributed by atoms with Crippen molar-refractivity contribution in [3.8, 4) is 5.75 Å². The quantitative estimate of drug-likeness (QED) is 0.817. The van der Waals surface area contributed by atoms with E-state index in [2.05, 4.69) is 45.4 Å². The lowest BCUT2D eigenvalue weighted by atomic mass is 9.91. The Morgan fingerprint density at radius 2 is 2.40 bits per heavy atom. The van der Waals surface area contributed by atoms with E-state index in [0.717, 1.165) is 34.1 Å². The van der Waals surface area contributed by atoms with E-state index in [1.165, 1.54) is 5.56 Å². The minimum Gasteiger partial charge on any atom is -0.467 e. The van der Waals surface area contributed by atoms with Gasteiger partial charge in [-0.1, -0.05) is 12.1 Å². The zero-order valence-electron chi connectivity index (χ0n) is 11.5. The molecule has 1 saturated heterocycles. The summed E-state index contributed by atoms with van der Waals surface area (Å²) in [4.78, 5) is 2.18. The van der Waals surface area contributed by atoms with Crippen molar-refractivity contribution in [3.63, 3.8) is 0 Å². The van der Waals surface area contributed by atoms with Gasteiger partial charge in [-0.3, -0.25) is 0 Å². The van der Waals surface area contributed by atoms with Crippen molar-refractivity contribution < 1.29 is 4.74 Å². The van der Waals surface area contributed by atoms with Gasteiger partial charge in [-0.25, -0.2) is 0 Å². The molecule has 2 atom stereocenters. The van der Waals surface area contributed by atoms with Gasteiger partial charge in [0.1, 0.15) is 5.75 Å². The largest absolute Gasteiger partial charge is 0.467 e. The Labute approximate surface area is 137 Å². The number of rotatable bonds is 3. The second-order valence-corrected chi connectivity index (χ2v) is 7.51. The van der Waals surface area contributed by atoms with E-state index in [1.807, 2.05) is 23.9 Å². The zero-order chi connectivity index (χ0) is 14.3. The molecule has 3 nitrogen and oxygen atoms in total. The maximum Gasteiger partial charge on any atom is 0.184 e. The summed E-state index contributed by atoms with van der Waals surface area (Å²) in [5, 5.41) is 4.26. The number of thioether (sulfide) groups is 1. The third kappa shape index (κ3) is 2.31. The maximum atomic E-state index is 6.34. The van der Waals surface area contributed by atoms with Crippen LogP contribution in [-0.2, 0) is 0 Å². The second-order valence-electron chi connectivity index (χ2n) is 5.29. The second kappa shape index (κ2) is 5.39. The first kappa shape index (κ1) is 14.5. The molecule has 3 rings (SSSR count). The van der Waals surface area contributed by atoms with Crippen molar-refractivity contribution in [2.75, 3.05) is 18.6 Å². The average molecular weight is 373 g/mol. The third-order valence-electron chi connectivity index (χ3n) is 3.91.